The summed E-state index contributed by atoms with van der Waals surface area (Å²) in [6, 6.07) is 8.71. The van der Waals surface area contributed by atoms with Crippen molar-refractivity contribution >= 4 is 0 Å². The average molecular weight is 243 g/mol. The van der Waals surface area contributed by atoms with Gasteiger partial charge in [0.15, 0.2) is 0 Å². The van der Waals surface area contributed by atoms with Crippen molar-refractivity contribution < 1.29 is 0 Å². The van der Waals surface area contributed by atoms with Crippen molar-refractivity contribution in [2.75, 3.05) is 7.05 Å². The SMILES string of the molecule is CNCc1c(-c2ccc(C(C)C)cc2)ncn1C. The van der Waals surface area contributed by atoms with Gasteiger partial charge in [0.1, 0.15) is 0 Å². The Morgan fingerprint density at radius 2 is 1.89 bits per heavy atom. The topological polar surface area (TPSA) is 29.9 Å². The maximum absolute atomic E-state index is 4.50. The van der Waals surface area contributed by atoms with Gasteiger partial charge >= 0.3 is 0 Å². The van der Waals surface area contributed by atoms with Gasteiger partial charge in [0.25, 0.3) is 0 Å². The number of imidazole rings is 1. The number of hydrogen-bond acceptors (Lipinski definition) is 2. The van der Waals surface area contributed by atoms with Crippen molar-refractivity contribution in [2.24, 2.45) is 7.05 Å². The Morgan fingerprint density at radius 3 is 2.44 bits per heavy atom. The summed E-state index contributed by atoms with van der Waals surface area (Å²) in [7, 11) is 3.99. The zero-order valence-corrected chi connectivity index (χ0v) is 11.6. The summed E-state index contributed by atoms with van der Waals surface area (Å²) in [5.74, 6) is 0.569. The van der Waals surface area contributed by atoms with Crippen molar-refractivity contribution in [2.45, 2.75) is 26.3 Å². The van der Waals surface area contributed by atoms with Gasteiger partial charge in [-0.15, -0.1) is 0 Å². The maximum Gasteiger partial charge on any atom is 0.0953 e. The minimum Gasteiger partial charge on any atom is -0.336 e. The van der Waals surface area contributed by atoms with E-state index in [-0.39, 0.29) is 0 Å². The van der Waals surface area contributed by atoms with Crippen LogP contribution in [-0.2, 0) is 13.6 Å². The number of aromatic nitrogens is 2. The standard InChI is InChI=1S/C15H21N3/c1-11(2)12-5-7-13(8-6-12)15-14(9-16-3)18(4)10-17-15/h5-8,10-11,16H,9H2,1-4H3. The fraction of sp³-hybridized carbons (Fsp3) is 0.400. The van der Waals surface area contributed by atoms with Gasteiger partial charge in [-0.1, -0.05) is 38.1 Å². The van der Waals surface area contributed by atoms with E-state index in [0.29, 0.717) is 5.92 Å². The van der Waals surface area contributed by atoms with Crippen LogP contribution in [0.5, 0.6) is 0 Å². The van der Waals surface area contributed by atoms with Crippen LogP contribution in [0.15, 0.2) is 30.6 Å². The van der Waals surface area contributed by atoms with Crippen molar-refractivity contribution in [3.05, 3.63) is 41.9 Å². The van der Waals surface area contributed by atoms with Crippen molar-refractivity contribution in [1.29, 1.82) is 0 Å². The molecule has 0 aliphatic heterocycles. The molecule has 0 radical (unpaired) electrons. The first kappa shape index (κ1) is 12.8. The molecule has 3 nitrogen and oxygen atoms in total. The fourth-order valence-corrected chi connectivity index (χ4v) is 2.10. The molecule has 1 aromatic carbocycles. The number of rotatable bonds is 4. The monoisotopic (exact) mass is 243 g/mol. The van der Waals surface area contributed by atoms with Crippen molar-refractivity contribution in [1.82, 2.24) is 14.9 Å². The maximum atomic E-state index is 4.50. The molecule has 1 heterocycles. The quantitative estimate of drug-likeness (QED) is 0.894. The molecule has 0 saturated heterocycles. The largest absolute Gasteiger partial charge is 0.336 e. The molecule has 0 aliphatic carbocycles. The molecule has 0 amide bonds. The number of nitrogens with one attached hydrogen (secondary N) is 1. The molecular formula is C15H21N3. The van der Waals surface area contributed by atoms with Gasteiger partial charge in [-0.05, 0) is 18.5 Å². The molecule has 96 valence electrons. The molecule has 0 spiro atoms. The van der Waals surface area contributed by atoms with Crippen LogP contribution < -0.4 is 5.32 Å². The van der Waals surface area contributed by atoms with Crippen LogP contribution in [0.1, 0.15) is 31.0 Å². The highest BCUT2D eigenvalue weighted by molar-refractivity contribution is 5.62. The molecule has 2 aromatic rings. The van der Waals surface area contributed by atoms with Crippen molar-refractivity contribution in [3.8, 4) is 11.3 Å². The van der Waals surface area contributed by atoms with E-state index in [9.17, 15) is 0 Å². The Hall–Kier alpha value is -1.61. The third-order valence-electron chi connectivity index (χ3n) is 3.25. The summed E-state index contributed by atoms with van der Waals surface area (Å²) in [6.07, 6.45) is 1.87. The van der Waals surface area contributed by atoms with Gasteiger partial charge in [-0.3, -0.25) is 0 Å². The lowest BCUT2D eigenvalue weighted by Crippen LogP contribution is -2.09. The van der Waals surface area contributed by atoms with E-state index in [0.717, 1.165) is 12.2 Å². The Balaban J connectivity index is 2.36. The highest BCUT2D eigenvalue weighted by Crippen LogP contribution is 2.24. The third kappa shape index (κ3) is 2.46. The van der Waals surface area contributed by atoms with Gasteiger partial charge in [0.2, 0.25) is 0 Å². The van der Waals surface area contributed by atoms with Crippen LogP contribution in [0.25, 0.3) is 11.3 Å². The molecule has 0 unspecified atom stereocenters. The molecule has 0 atom stereocenters. The predicted octanol–water partition coefficient (Wildman–Crippen LogP) is 2.93. The number of aryl methyl sites for hydroxylation is 1. The minimum atomic E-state index is 0.569. The Labute approximate surface area is 109 Å². The van der Waals surface area contributed by atoms with Crippen LogP contribution in [0.4, 0.5) is 0 Å². The van der Waals surface area contributed by atoms with E-state index in [1.54, 1.807) is 0 Å². The molecule has 1 aromatic heterocycles. The lowest BCUT2D eigenvalue weighted by Gasteiger charge is -2.08. The van der Waals surface area contributed by atoms with E-state index in [1.165, 1.54) is 16.8 Å². The average Bonchev–Trinajstić information content (AvgIpc) is 2.72. The zero-order chi connectivity index (χ0) is 13.1. The van der Waals surface area contributed by atoms with Crippen LogP contribution in [0, 0.1) is 0 Å². The number of hydrogen-bond donors (Lipinski definition) is 1. The van der Waals surface area contributed by atoms with Crippen LogP contribution in [-0.4, -0.2) is 16.6 Å². The minimum absolute atomic E-state index is 0.569. The lowest BCUT2D eigenvalue weighted by atomic mass is 10.0. The van der Waals surface area contributed by atoms with Gasteiger partial charge in [-0.25, -0.2) is 4.98 Å². The number of nitrogens with zero attached hydrogens (tertiary/aromatic N) is 2. The predicted molar refractivity (Wildman–Crippen MR) is 75.5 cm³/mol. The second kappa shape index (κ2) is 5.36. The first-order chi connectivity index (χ1) is 8.63. The highest BCUT2D eigenvalue weighted by atomic mass is 15.1. The Morgan fingerprint density at radius 1 is 1.22 bits per heavy atom. The molecule has 0 saturated carbocycles. The van der Waals surface area contributed by atoms with E-state index in [1.807, 2.05) is 20.4 Å². The summed E-state index contributed by atoms with van der Waals surface area (Å²) >= 11 is 0. The zero-order valence-electron chi connectivity index (χ0n) is 11.6. The van der Waals surface area contributed by atoms with Gasteiger partial charge in [0.05, 0.1) is 17.7 Å². The van der Waals surface area contributed by atoms with Crippen LogP contribution in [0.3, 0.4) is 0 Å². The Bertz CT molecular complexity index is 509. The van der Waals surface area contributed by atoms with Gasteiger partial charge in [0, 0.05) is 19.2 Å². The van der Waals surface area contributed by atoms with Crippen molar-refractivity contribution in [3.63, 3.8) is 0 Å². The van der Waals surface area contributed by atoms with E-state index < -0.39 is 0 Å². The lowest BCUT2D eigenvalue weighted by molar-refractivity contribution is 0.735. The number of benzene rings is 1. The first-order valence-electron chi connectivity index (χ1n) is 6.38. The molecule has 0 bridgehead atoms. The smallest absolute Gasteiger partial charge is 0.0953 e. The Kier molecular flexibility index (Phi) is 3.82. The summed E-state index contributed by atoms with van der Waals surface area (Å²) in [4.78, 5) is 4.50. The summed E-state index contributed by atoms with van der Waals surface area (Å²) < 4.78 is 2.07. The highest BCUT2D eigenvalue weighted by Gasteiger charge is 2.10. The molecule has 3 heteroatoms. The van der Waals surface area contributed by atoms with Gasteiger partial charge < -0.3 is 9.88 Å². The molecule has 0 fully saturated rings. The first-order valence-corrected chi connectivity index (χ1v) is 6.38. The molecule has 2 rings (SSSR count). The van der Waals surface area contributed by atoms with Crippen LogP contribution >= 0.6 is 0 Å². The third-order valence-corrected chi connectivity index (χ3v) is 3.25. The second-order valence-corrected chi connectivity index (χ2v) is 4.96. The summed E-state index contributed by atoms with van der Waals surface area (Å²) in [5, 5.41) is 3.19. The normalized spacial score (nSPS) is 11.2. The van der Waals surface area contributed by atoms with Crippen LogP contribution in [0.2, 0.25) is 0 Å². The molecule has 1 N–H and O–H groups in total. The fourth-order valence-electron chi connectivity index (χ4n) is 2.10. The molecule has 0 aliphatic rings. The van der Waals surface area contributed by atoms with E-state index in [4.69, 9.17) is 0 Å². The summed E-state index contributed by atoms with van der Waals surface area (Å²) in [6.45, 7) is 5.25. The van der Waals surface area contributed by atoms with E-state index >= 15 is 0 Å². The molecular weight excluding hydrogens is 222 g/mol. The molecule has 18 heavy (non-hydrogen) atoms. The second-order valence-electron chi connectivity index (χ2n) is 4.96. The van der Waals surface area contributed by atoms with E-state index in [2.05, 4.69) is 53.0 Å². The van der Waals surface area contributed by atoms with Gasteiger partial charge in [-0.2, -0.15) is 0 Å². The summed E-state index contributed by atoms with van der Waals surface area (Å²) in [5.41, 5.74) is 4.84.